The lowest BCUT2D eigenvalue weighted by Crippen LogP contribution is -2.49. The van der Waals surface area contributed by atoms with Crippen LogP contribution in [-0.4, -0.2) is 29.7 Å². The smallest absolute Gasteiger partial charge is 0.392 e. The van der Waals surface area contributed by atoms with Gasteiger partial charge in [-0.15, -0.1) is 0 Å². The summed E-state index contributed by atoms with van der Waals surface area (Å²) in [5, 5.41) is 12.2. The number of allylic oxidation sites excluding steroid dienone is 4. The first-order chi connectivity index (χ1) is 11.7. The number of alkyl halides is 3. The molecule has 0 aromatic heterocycles. The molecule has 3 aliphatic rings. The number of carboxylic acid groups (broad SMARTS) is 1. The molecular formula is C18H22F3NO3. The molecule has 138 valence electrons. The highest BCUT2D eigenvalue weighted by Gasteiger charge is 2.60. The van der Waals surface area contributed by atoms with Gasteiger partial charge >= 0.3 is 12.1 Å². The zero-order chi connectivity index (χ0) is 18.4. The number of carboxylic acids is 1. The summed E-state index contributed by atoms with van der Waals surface area (Å²) in [6.45, 7) is 1.48. The number of rotatable bonds is 4. The van der Waals surface area contributed by atoms with Crippen LogP contribution >= 0.6 is 0 Å². The van der Waals surface area contributed by atoms with Crippen LogP contribution in [0.4, 0.5) is 13.2 Å². The van der Waals surface area contributed by atoms with E-state index in [-0.39, 0.29) is 31.2 Å². The number of amides is 1. The molecule has 0 unspecified atom stereocenters. The Bertz CT molecular complexity index is 628. The molecular weight excluding hydrogens is 335 g/mol. The van der Waals surface area contributed by atoms with Crippen LogP contribution in [0, 0.1) is 35.0 Å². The molecule has 6 atom stereocenters. The maximum Gasteiger partial charge on any atom is 0.392 e. The van der Waals surface area contributed by atoms with Crippen molar-refractivity contribution in [1.82, 2.24) is 5.32 Å². The van der Waals surface area contributed by atoms with Crippen molar-refractivity contribution in [2.45, 2.75) is 32.4 Å². The first-order valence-corrected chi connectivity index (χ1v) is 8.56. The van der Waals surface area contributed by atoms with E-state index in [1.165, 1.54) is 6.08 Å². The number of aliphatic carboxylic acids is 1. The number of hydrogen-bond acceptors (Lipinski definition) is 2. The van der Waals surface area contributed by atoms with Crippen molar-refractivity contribution in [1.29, 1.82) is 0 Å². The third-order valence-corrected chi connectivity index (χ3v) is 6.23. The maximum absolute atomic E-state index is 13.1. The van der Waals surface area contributed by atoms with Gasteiger partial charge in [0.2, 0.25) is 5.91 Å². The highest BCUT2D eigenvalue weighted by atomic mass is 19.4. The van der Waals surface area contributed by atoms with Crippen LogP contribution in [0.2, 0.25) is 0 Å². The molecule has 0 aliphatic heterocycles. The summed E-state index contributed by atoms with van der Waals surface area (Å²) >= 11 is 0. The summed E-state index contributed by atoms with van der Waals surface area (Å²) in [4.78, 5) is 24.4. The topological polar surface area (TPSA) is 66.4 Å². The van der Waals surface area contributed by atoms with Crippen LogP contribution in [0.1, 0.15) is 26.2 Å². The van der Waals surface area contributed by atoms with Crippen LogP contribution in [0.5, 0.6) is 0 Å². The molecule has 0 saturated heterocycles. The summed E-state index contributed by atoms with van der Waals surface area (Å²) in [5.74, 6) is -4.75. The molecule has 1 saturated carbocycles. The minimum Gasteiger partial charge on any atom is -0.481 e. The molecule has 2 N–H and O–H groups in total. The molecule has 0 radical (unpaired) electrons. The second kappa shape index (κ2) is 6.18. The highest BCUT2D eigenvalue weighted by molar-refractivity contribution is 5.89. The minimum absolute atomic E-state index is 0.0757. The SMILES string of the molecule is C[C@@]1(C(=O)O)[C@@H]2C=C[C@@H](C2)[C@@H]1C(=O)NC[C@@H]1CC=CC[C@H]1C(F)(F)F. The molecule has 0 heterocycles. The lowest BCUT2D eigenvalue weighted by molar-refractivity contribution is -0.188. The van der Waals surface area contributed by atoms with E-state index >= 15 is 0 Å². The monoisotopic (exact) mass is 357 g/mol. The van der Waals surface area contributed by atoms with Crippen molar-refractivity contribution < 1.29 is 27.9 Å². The number of fused-ring (bicyclic) bond motifs is 2. The Morgan fingerprint density at radius 3 is 2.56 bits per heavy atom. The van der Waals surface area contributed by atoms with Gasteiger partial charge in [-0.05, 0) is 43.9 Å². The van der Waals surface area contributed by atoms with Crippen LogP contribution in [-0.2, 0) is 9.59 Å². The van der Waals surface area contributed by atoms with E-state index in [0.29, 0.717) is 6.42 Å². The van der Waals surface area contributed by atoms with E-state index in [4.69, 9.17) is 0 Å². The molecule has 0 aromatic rings. The number of carbonyl (C=O) groups excluding carboxylic acids is 1. The fourth-order valence-electron chi connectivity index (χ4n) is 4.69. The van der Waals surface area contributed by atoms with Gasteiger partial charge in [-0.1, -0.05) is 24.3 Å². The summed E-state index contributed by atoms with van der Waals surface area (Å²) in [6.07, 6.45) is 3.43. The van der Waals surface area contributed by atoms with E-state index in [2.05, 4.69) is 5.32 Å². The predicted octanol–water partition coefficient (Wildman–Crippen LogP) is 3.16. The zero-order valence-corrected chi connectivity index (χ0v) is 13.9. The average molecular weight is 357 g/mol. The lowest BCUT2D eigenvalue weighted by Gasteiger charge is -2.35. The molecule has 0 aromatic carbocycles. The average Bonchev–Trinajstić information content (AvgIpc) is 3.12. The molecule has 7 heteroatoms. The van der Waals surface area contributed by atoms with E-state index in [0.717, 1.165) is 0 Å². The molecule has 1 fully saturated rings. The number of carbonyl (C=O) groups is 2. The molecule has 2 bridgehead atoms. The van der Waals surface area contributed by atoms with E-state index in [1.807, 2.05) is 12.2 Å². The van der Waals surface area contributed by atoms with E-state index in [1.54, 1.807) is 13.0 Å². The maximum atomic E-state index is 13.1. The first-order valence-electron chi connectivity index (χ1n) is 8.56. The van der Waals surface area contributed by atoms with Gasteiger partial charge < -0.3 is 10.4 Å². The van der Waals surface area contributed by atoms with Crippen molar-refractivity contribution in [3.63, 3.8) is 0 Å². The van der Waals surface area contributed by atoms with Crippen molar-refractivity contribution in [2.75, 3.05) is 6.54 Å². The fourth-order valence-corrected chi connectivity index (χ4v) is 4.69. The Hall–Kier alpha value is -1.79. The molecule has 3 aliphatic carbocycles. The Kier molecular flexibility index (Phi) is 4.45. The fraction of sp³-hybridized carbons (Fsp3) is 0.667. The normalized spacial score (nSPS) is 39.6. The van der Waals surface area contributed by atoms with Crippen molar-refractivity contribution in [3.8, 4) is 0 Å². The zero-order valence-electron chi connectivity index (χ0n) is 13.9. The Morgan fingerprint density at radius 1 is 1.24 bits per heavy atom. The number of hydrogen-bond donors (Lipinski definition) is 2. The summed E-state index contributed by atoms with van der Waals surface area (Å²) in [6, 6.07) is 0. The summed E-state index contributed by atoms with van der Waals surface area (Å²) < 4.78 is 39.4. The van der Waals surface area contributed by atoms with Gasteiger partial charge in [-0.25, -0.2) is 0 Å². The van der Waals surface area contributed by atoms with Crippen molar-refractivity contribution >= 4 is 11.9 Å². The van der Waals surface area contributed by atoms with Crippen LogP contribution < -0.4 is 5.32 Å². The van der Waals surface area contributed by atoms with Crippen LogP contribution in [0.15, 0.2) is 24.3 Å². The van der Waals surface area contributed by atoms with Crippen LogP contribution in [0.25, 0.3) is 0 Å². The first kappa shape index (κ1) is 18.0. The molecule has 0 spiro atoms. The summed E-state index contributed by atoms with van der Waals surface area (Å²) in [7, 11) is 0. The van der Waals surface area contributed by atoms with Gasteiger partial charge in [0.1, 0.15) is 0 Å². The molecule has 3 rings (SSSR count). The highest BCUT2D eigenvalue weighted by Crippen LogP contribution is 2.56. The largest absolute Gasteiger partial charge is 0.481 e. The van der Waals surface area contributed by atoms with E-state index in [9.17, 15) is 27.9 Å². The molecule has 25 heavy (non-hydrogen) atoms. The van der Waals surface area contributed by atoms with Gasteiger partial charge in [0.25, 0.3) is 0 Å². The van der Waals surface area contributed by atoms with Gasteiger partial charge in [-0.3, -0.25) is 9.59 Å². The van der Waals surface area contributed by atoms with Crippen molar-refractivity contribution in [3.05, 3.63) is 24.3 Å². The molecule has 1 amide bonds. The molecule has 4 nitrogen and oxygen atoms in total. The second-order valence-electron chi connectivity index (χ2n) is 7.55. The third-order valence-electron chi connectivity index (χ3n) is 6.23. The standard InChI is InChI=1S/C18H22F3NO3/c1-17(16(24)25)12-7-6-10(8-12)14(17)15(23)22-9-11-4-2-3-5-13(11)18(19,20)21/h2-3,6-7,10-14H,4-5,8-9H2,1H3,(H,22,23)(H,24,25)/t10-,11-,12+,13+,14+,17+/m0/s1. The van der Waals surface area contributed by atoms with Crippen LogP contribution in [0.3, 0.4) is 0 Å². The Labute approximate surface area is 144 Å². The number of nitrogens with one attached hydrogen (secondary N) is 1. The lowest BCUT2D eigenvalue weighted by atomic mass is 9.69. The second-order valence-corrected chi connectivity index (χ2v) is 7.55. The number of halogens is 3. The summed E-state index contributed by atoms with van der Waals surface area (Å²) in [5.41, 5.74) is -1.20. The van der Waals surface area contributed by atoms with E-state index < -0.39 is 41.2 Å². The van der Waals surface area contributed by atoms with Gasteiger partial charge in [-0.2, -0.15) is 13.2 Å². The Morgan fingerprint density at radius 2 is 1.92 bits per heavy atom. The predicted molar refractivity (Wildman–Crippen MR) is 84.4 cm³/mol. The van der Waals surface area contributed by atoms with Gasteiger partial charge in [0, 0.05) is 6.54 Å². The van der Waals surface area contributed by atoms with Gasteiger partial charge in [0.15, 0.2) is 0 Å². The third kappa shape index (κ3) is 2.98. The minimum atomic E-state index is -4.30. The quantitative estimate of drug-likeness (QED) is 0.760. The van der Waals surface area contributed by atoms with Gasteiger partial charge in [0.05, 0.1) is 17.3 Å². The Balaban J connectivity index is 1.69. The van der Waals surface area contributed by atoms with Crippen molar-refractivity contribution in [2.24, 2.45) is 35.0 Å².